The van der Waals surface area contributed by atoms with Gasteiger partial charge in [0.1, 0.15) is 5.82 Å². The summed E-state index contributed by atoms with van der Waals surface area (Å²) in [6, 6.07) is 1.51. The van der Waals surface area contributed by atoms with Crippen LogP contribution >= 0.6 is 11.6 Å². The maximum Gasteiger partial charge on any atom is 0.186 e. The highest BCUT2D eigenvalue weighted by Crippen LogP contribution is 2.23. The number of ketones is 1. The Labute approximate surface area is 100.0 Å². The van der Waals surface area contributed by atoms with E-state index in [2.05, 4.69) is 4.98 Å². The van der Waals surface area contributed by atoms with E-state index in [0.717, 1.165) is 0 Å². The molecule has 0 aliphatic carbocycles. The summed E-state index contributed by atoms with van der Waals surface area (Å²) in [6.07, 6.45) is 2.51. The molecule has 1 aromatic rings. The maximum absolute atomic E-state index is 12.2. The first-order valence-electron chi connectivity index (χ1n) is 5.19. The van der Waals surface area contributed by atoms with Crippen molar-refractivity contribution in [3.05, 3.63) is 22.8 Å². The zero-order valence-electron chi connectivity index (χ0n) is 9.46. The molecule has 1 aromatic heterocycles. The molecule has 0 aliphatic heterocycles. The van der Waals surface area contributed by atoms with E-state index < -0.39 is 5.54 Å². The van der Waals surface area contributed by atoms with E-state index in [1.807, 2.05) is 13.8 Å². The molecule has 4 nitrogen and oxygen atoms in total. The number of carbonyl (C=O) groups excluding carboxylic acids is 1. The van der Waals surface area contributed by atoms with E-state index in [1.54, 1.807) is 0 Å². The van der Waals surface area contributed by atoms with Crippen molar-refractivity contribution < 1.29 is 4.79 Å². The van der Waals surface area contributed by atoms with Crippen molar-refractivity contribution in [3.8, 4) is 0 Å². The lowest BCUT2D eigenvalue weighted by Crippen LogP contribution is -2.47. The fourth-order valence-electron chi connectivity index (χ4n) is 1.47. The second-order valence-electron chi connectivity index (χ2n) is 3.78. The number of aromatic nitrogens is 1. The predicted octanol–water partition coefficient (Wildman–Crippen LogP) is 2.02. The Bertz CT molecular complexity index is 402. The number of Topliss-reactive ketones (excluding diaryl/α,β-unsaturated/α-hetero) is 1. The van der Waals surface area contributed by atoms with Crippen LogP contribution in [0.15, 0.2) is 12.3 Å². The van der Waals surface area contributed by atoms with Crippen LogP contribution in [-0.2, 0) is 0 Å². The lowest BCUT2D eigenvalue weighted by molar-refractivity contribution is 0.0880. The molecule has 0 bridgehead atoms. The van der Waals surface area contributed by atoms with Gasteiger partial charge in [0, 0.05) is 6.20 Å². The first-order chi connectivity index (χ1) is 7.44. The monoisotopic (exact) mass is 241 g/mol. The van der Waals surface area contributed by atoms with Crippen LogP contribution in [0, 0.1) is 0 Å². The molecule has 0 aromatic carbocycles. The maximum atomic E-state index is 12.2. The van der Waals surface area contributed by atoms with Gasteiger partial charge < -0.3 is 11.5 Å². The molecule has 0 saturated carbocycles. The minimum atomic E-state index is -0.888. The molecule has 0 aliphatic rings. The van der Waals surface area contributed by atoms with Gasteiger partial charge in [-0.25, -0.2) is 4.98 Å². The fourth-order valence-corrected chi connectivity index (χ4v) is 1.63. The van der Waals surface area contributed by atoms with Gasteiger partial charge in [0.2, 0.25) is 0 Å². The zero-order valence-corrected chi connectivity index (χ0v) is 10.2. The summed E-state index contributed by atoms with van der Waals surface area (Å²) in [5.74, 6) is -0.0314. The van der Waals surface area contributed by atoms with E-state index in [-0.39, 0.29) is 11.6 Å². The lowest BCUT2D eigenvalue weighted by Gasteiger charge is -2.25. The molecule has 0 unspecified atom stereocenters. The highest BCUT2D eigenvalue weighted by molar-refractivity contribution is 6.31. The molecule has 16 heavy (non-hydrogen) atoms. The number of carbonyl (C=O) groups is 1. The highest BCUT2D eigenvalue weighted by atomic mass is 35.5. The number of anilines is 1. The number of hydrogen-bond donors (Lipinski definition) is 2. The van der Waals surface area contributed by atoms with Crippen LogP contribution < -0.4 is 11.5 Å². The van der Waals surface area contributed by atoms with Crippen molar-refractivity contribution in [2.45, 2.75) is 32.2 Å². The number of halogens is 1. The van der Waals surface area contributed by atoms with Crippen LogP contribution in [0.25, 0.3) is 0 Å². The number of rotatable bonds is 4. The molecular weight excluding hydrogens is 226 g/mol. The fraction of sp³-hybridized carbons (Fsp3) is 0.455. The highest BCUT2D eigenvalue weighted by Gasteiger charge is 2.32. The molecular formula is C11H16ClN3O. The van der Waals surface area contributed by atoms with Gasteiger partial charge in [0.15, 0.2) is 5.78 Å². The SMILES string of the molecule is CCC(N)(CC)C(=O)c1cc(Cl)cnc1N. The summed E-state index contributed by atoms with van der Waals surface area (Å²) >= 11 is 5.79. The van der Waals surface area contributed by atoms with Crippen LogP contribution in [0.5, 0.6) is 0 Å². The van der Waals surface area contributed by atoms with Gasteiger partial charge in [0.25, 0.3) is 0 Å². The summed E-state index contributed by atoms with van der Waals surface area (Å²) in [4.78, 5) is 16.0. The van der Waals surface area contributed by atoms with Crippen LogP contribution in [-0.4, -0.2) is 16.3 Å². The van der Waals surface area contributed by atoms with Crippen molar-refractivity contribution in [1.82, 2.24) is 4.98 Å². The van der Waals surface area contributed by atoms with Crippen LogP contribution in [0.3, 0.4) is 0 Å². The Morgan fingerprint density at radius 3 is 2.56 bits per heavy atom. The second kappa shape index (κ2) is 4.80. The molecule has 0 spiro atoms. The Morgan fingerprint density at radius 2 is 2.06 bits per heavy atom. The van der Waals surface area contributed by atoms with Crippen molar-refractivity contribution in [3.63, 3.8) is 0 Å². The van der Waals surface area contributed by atoms with E-state index in [0.29, 0.717) is 23.4 Å². The first kappa shape index (κ1) is 12.9. The largest absolute Gasteiger partial charge is 0.383 e. The van der Waals surface area contributed by atoms with Gasteiger partial charge >= 0.3 is 0 Å². The molecule has 0 radical (unpaired) electrons. The quantitative estimate of drug-likeness (QED) is 0.790. The van der Waals surface area contributed by atoms with E-state index in [9.17, 15) is 4.79 Å². The van der Waals surface area contributed by atoms with Gasteiger partial charge in [-0.3, -0.25) is 4.79 Å². The lowest BCUT2D eigenvalue weighted by atomic mass is 9.85. The summed E-state index contributed by atoms with van der Waals surface area (Å²) < 4.78 is 0. The van der Waals surface area contributed by atoms with E-state index in [4.69, 9.17) is 23.1 Å². The van der Waals surface area contributed by atoms with Crippen molar-refractivity contribution in [2.75, 3.05) is 5.73 Å². The van der Waals surface area contributed by atoms with Gasteiger partial charge in [-0.15, -0.1) is 0 Å². The third kappa shape index (κ3) is 2.33. The molecule has 1 heterocycles. The van der Waals surface area contributed by atoms with Gasteiger partial charge in [-0.2, -0.15) is 0 Å². The molecule has 0 saturated heterocycles. The number of nitrogens with two attached hydrogens (primary N) is 2. The summed E-state index contributed by atoms with van der Waals surface area (Å²) in [5, 5.41) is 0.382. The zero-order chi connectivity index (χ0) is 12.3. The summed E-state index contributed by atoms with van der Waals surface area (Å²) in [5.41, 5.74) is 11.1. The summed E-state index contributed by atoms with van der Waals surface area (Å²) in [6.45, 7) is 3.74. The molecule has 0 atom stereocenters. The van der Waals surface area contributed by atoms with Crippen molar-refractivity contribution in [2.24, 2.45) is 5.73 Å². The van der Waals surface area contributed by atoms with Gasteiger partial charge in [-0.1, -0.05) is 25.4 Å². The average molecular weight is 242 g/mol. The Balaban J connectivity index is 3.18. The van der Waals surface area contributed by atoms with E-state index >= 15 is 0 Å². The normalized spacial score (nSPS) is 11.5. The van der Waals surface area contributed by atoms with Crippen LogP contribution in [0.1, 0.15) is 37.0 Å². The number of nitrogen functional groups attached to an aromatic ring is 1. The Kier molecular flexibility index (Phi) is 3.88. The predicted molar refractivity (Wildman–Crippen MR) is 65.5 cm³/mol. The second-order valence-corrected chi connectivity index (χ2v) is 4.22. The number of hydrogen-bond acceptors (Lipinski definition) is 4. The van der Waals surface area contributed by atoms with Crippen LogP contribution in [0.4, 0.5) is 5.82 Å². The molecule has 0 fully saturated rings. The number of nitrogens with zero attached hydrogens (tertiary/aromatic N) is 1. The standard InChI is InChI=1S/C11H16ClN3O/c1-3-11(14,4-2)9(16)8-5-7(12)6-15-10(8)13/h5-6H,3-4,14H2,1-2H3,(H2,13,15). The van der Waals surface area contributed by atoms with Crippen LogP contribution in [0.2, 0.25) is 5.02 Å². The molecule has 1 rings (SSSR count). The average Bonchev–Trinajstić information content (AvgIpc) is 2.30. The Hall–Kier alpha value is -1.13. The van der Waals surface area contributed by atoms with Crippen molar-refractivity contribution in [1.29, 1.82) is 0 Å². The topological polar surface area (TPSA) is 82.0 Å². The minimum absolute atomic E-state index is 0.172. The summed E-state index contributed by atoms with van der Waals surface area (Å²) in [7, 11) is 0. The van der Waals surface area contributed by atoms with E-state index in [1.165, 1.54) is 12.3 Å². The molecule has 88 valence electrons. The van der Waals surface area contributed by atoms with Gasteiger partial charge in [0.05, 0.1) is 16.1 Å². The Morgan fingerprint density at radius 1 is 1.50 bits per heavy atom. The smallest absolute Gasteiger partial charge is 0.186 e. The third-order valence-corrected chi connectivity index (χ3v) is 3.05. The minimum Gasteiger partial charge on any atom is -0.383 e. The molecule has 5 heteroatoms. The van der Waals surface area contributed by atoms with Crippen molar-refractivity contribution >= 4 is 23.2 Å². The van der Waals surface area contributed by atoms with Gasteiger partial charge in [-0.05, 0) is 18.9 Å². The first-order valence-corrected chi connectivity index (χ1v) is 5.57. The molecule has 4 N–H and O–H groups in total. The third-order valence-electron chi connectivity index (χ3n) is 2.84. The molecule has 0 amide bonds. The number of pyridine rings is 1.